The van der Waals surface area contributed by atoms with Gasteiger partial charge in [0.1, 0.15) is 0 Å². The first-order valence-corrected chi connectivity index (χ1v) is 24.1. The summed E-state index contributed by atoms with van der Waals surface area (Å²) >= 11 is 0. The molecule has 0 fully saturated rings. The number of hydrogen-bond donors (Lipinski definition) is 0. The van der Waals surface area contributed by atoms with Crippen molar-refractivity contribution in [2.45, 2.75) is 290 Å². The number of hydrogen-bond acceptors (Lipinski definition) is 3. The standard InChI is InChI=1S/C48H97NO2.Na/c1-4-7-10-12-14-16-18-20-22-24-26-28-30-32-34-36-38-40-42-45-49(47(48(50)51)44-9-6-3)46-43-41-39-37-35-33-31-29-27-25-23-21-19-17-15-13-11-8-5-2;/h47H,4-46H2,1-3H3,(H,50,51);/q;+1/p-1. The molecule has 0 bridgehead atoms. The van der Waals surface area contributed by atoms with Gasteiger partial charge in [-0.05, 0) is 32.4 Å². The van der Waals surface area contributed by atoms with Crippen LogP contribution in [-0.2, 0) is 4.79 Å². The first kappa shape index (κ1) is 54.5. The van der Waals surface area contributed by atoms with E-state index in [0.717, 1.165) is 45.2 Å². The number of carboxylic acid groups (broad SMARTS) is 1. The van der Waals surface area contributed by atoms with Crippen molar-refractivity contribution in [2.24, 2.45) is 0 Å². The number of carbonyl (C=O) groups is 1. The third-order valence-electron chi connectivity index (χ3n) is 11.6. The van der Waals surface area contributed by atoms with Gasteiger partial charge in [-0.25, -0.2) is 0 Å². The Morgan fingerprint density at radius 1 is 0.346 bits per heavy atom. The summed E-state index contributed by atoms with van der Waals surface area (Å²) in [5.74, 6) is -0.848. The van der Waals surface area contributed by atoms with Gasteiger partial charge in [-0.2, -0.15) is 0 Å². The second kappa shape index (κ2) is 47.6. The van der Waals surface area contributed by atoms with Crippen LogP contribution in [0.25, 0.3) is 0 Å². The summed E-state index contributed by atoms with van der Waals surface area (Å²) in [6.45, 7) is 8.62. The molecule has 0 aliphatic rings. The van der Waals surface area contributed by atoms with Crippen LogP contribution in [0.4, 0.5) is 0 Å². The second-order valence-electron chi connectivity index (χ2n) is 16.7. The van der Waals surface area contributed by atoms with E-state index in [1.807, 2.05) is 0 Å². The molecule has 0 N–H and O–H groups in total. The predicted molar refractivity (Wildman–Crippen MR) is 227 cm³/mol. The van der Waals surface area contributed by atoms with Crippen LogP contribution >= 0.6 is 0 Å². The largest absolute Gasteiger partial charge is 1.00 e. The molecular formula is C48H96NNaO2. The summed E-state index contributed by atoms with van der Waals surface area (Å²) in [6.07, 6.45) is 55.6. The van der Waals surface area contributed by atoms with Crippen LogP contribution < -0.4 is 34.7 Å². The molecule has 0 aromatic heterocycles. The summed E-state index contributed by atoms with van der Waals surface area (Å²) in [5, 5.41) is 12.1. The van der Waals surface area contributed by atoms with Gasteiger partial charge in [0, 0.05) is 6.04 Å². The van der Waals surface area contributed by atoms with Gasteiger partial charge in [0.2, 0.25) is 0 Å². The number of rotatable bonds is 45. The molecule has 0 heterocycles. The third-order valence-corrected chi connectivity index (χ3v) is 11.6. The maximum absolute atomic E-state index is 12.1. The molecule has 0 saturated heterocycles. The van der Waals surface area contributed by atoms with Gasteiger partial charge in [0.25, 0.3) is 0 Å². The predicted octanol–water partition coefficient (Wildman–Crippen LogP) is 12.5. The molecule has 0 amide bonds. The molecule has 0 spiro atoms. The smallest absolute Gasteiger partial charge is 0.548 e. The van der Waals surface area contributed by atoms with Gasteiger partial charge in [0.15, 0.2) is 0 Å². The molecule has 1 atom stereocenters. The average Bonchev–Trinajstić information content (AvgIpc) is 3.13. The molecule has 306 valence electrons. The normalized spacial score (nSPS) is 12.1. The fraction of sp³-hybridized carbons (Fsp3) is 0.979. The van der Waals surface area contributed by atoms with Crippen molar-refractivity contribution < 1.29 is 39.5 Å². The molecule has 0 rings (SSSR count). The van der Waals surface area contributed by atoms with Crippen molar-refractivity contribution in [1.82, 2.24) is 4.90 Å². The van der Waals surface area contributed by atoms with E-state index in [2.05, 4.69) is 25.7 Å². The average molecular weight is 742 g/mol. The molecule has 0 aliphatic carbocycles. The van der Waals surface area contributed by atoms with Crippen molar-refractivity contribution >= 4 is 5.97 Å². The summed E-state index contributed by atoms with van der Waals surface area (Å²) in [4.78, 5) is 14.4. The van der Waals surface area contributed by atoms with Crippen molar-refractivity contribution in [3.05, 3.63) is 0 Å². The van der Waals surface area contributed by atoms with Crippen molar-refractivity contribution in [1.29, 1.82) is 0 Å². The van der Waals surface area contributed by atoms with E-state index in [1.165, 1.54) is 231 Å². The fourth-order valence-corrected chi connectivity index (χ4v) is 8.06. The van der Waals surface area contributed by atoms with E-state index in [-0.39, 0.29) is 29.6 Å². The molecule has 1 unspecified atom stereocenters. The number of carboxylic acids is 1. The summed E-state index contributed by atoms with van der Waals surface area (Å²) in [6, 6.07) is -0.393. The van der Waals surface area contributed by atoms with Gasteiger partial charge in [0.05, 0.1) is 5.97 Å². The van der Waals surface area contributed by atoms with E-state index >= 15 is 0 Å². The van der Waals surface area contributed by atoms with Crippen molar-refractivity contribution in [3.63, 3.8) is 0 Å². The van der Waals surface area contributed by atoms with Crippen molar-refractivity contribution in [3.8, 4) is 0 Å². The zero-order chi connectivity index (χ0) is 37.1. The Labute approximate surface area is 351 Å². The molecule has 0 aromatic carbocycles. The van der Waals surface area contributed by atoms with E-state index < -0.39 is 12.0 Å². The van der Waals surface area contributed by atoms with Crippen LogP contribution in [0.2, 0.25) is 0 Å². The summed E-state index contributed by atoms with van der Waals surface area (Å²) < 4.78 is 0. The Kier molecular flexibility index (Phi) is 49.9. The van der Waals surface area contributed by atoms with Crippen LogP contribution in [0.1, 0.15) is 284 Å². The first-order chi connectivity index (χ1) is 25.2. The minimum absolute atomic E-state index is 0. The second-order valence-corrected chi connectivity index (χ2v) is 16.7. The molecule has 3 nitrogen and oxygen atoms in total. The Balaban J connectivity index is 0. The molecule has 52 heavy (non-hydrogen) atoms. The number of nitrogens with zero attached hydrogens (tertiary/aromatic N) is 1. The quantitative estimate of drug-likeness (QED) is 0.0461. The van der Waals surface area contributed by atoms with Gasteiger partial charge in [-0.1, -0.05) is 265 Å². The van der Waals surface area contributed by atoms with Gasteiger partial charge in [-0.15, -0.1) is 0 Å². The maximum atomic E-state index is 12.1. The molecule has 4 heteroatoms. The summed E-state index contributed by atoms with van der Waals surface area (Å²) in [5.41, 5.74) is 0. The van der Waals surface area contributed by atoms with E-state index in [9.17, 15) is 9.90 Å². The van der Waals surface area contributed by atoms with Gasteiger partial charge in [-0.3, -0.25) is 4.90 Å². The van der Waals surface area contributed by atoms with Crippen molar-refractivity contribution in [2.75, 3.05) is 13.1 Å². The molecule has 0 saturated carbocycles. The molecule has 0 aromatic rings. The molecular weight excluding hydrogens is 646 g/mol. The van der Waals surface area contributed by atoms with Crippen LogP contribution in [0.3, 0.4) is 0 Å². The first-order valence-electron chi connectivity index (χ1n) is 24.1. The SMILES string of the molecule is CCCCCCCCCCCCCCCCCCCCCN(CCCCCCCCCCCCCCCCCCCCC)C(CCCC)C(=O)[O-].[Na+]. The Morgan fingerprint density at radius 2 is 0.538 bits per heavy atom. The maximum Gasteiger partial charge on any atom is 1.00 e. The van der Waals surface area contributed by atoms with E-state index in [1.54, 1.807) is 0 Å². The zero-order valence-corrected chi connectivity index (χ0v) is 38.7. The van der Waals surface area contributed by atoms with Crippen LogP contribution in [0, 0.1) is 0 Å². The number of aliphatic carboxylic acids is 1. The molecule has 0 aliphatic heterocycles. The Morgan fingerprint density at radius 3 is 0.731 bits per heavy atom. The van der Waals surface area contributed by atoms with Crippen LogP contribution in [0.5, 0.6) is 0 Å². The Bertz CT molecular complexity index is 616. The Hall–Kier alpha value is 0.430. The van der Waals surface area contributed by atoms with Gasteiger partial charge < -0.3 is 9.90 Å². The van der Waals surface area contributed by atoms with Crippen LogP contribution in [0.15, 0.2) is 0 Å². The van der Waals surface area contributed by atoms with E-state index in [0.29, 0.717) is 0 Å². The zero-order valence-electron chi connectivity index (χ0n) is 36.7. The topological polar surface area (TPSA) is 43.4 Å². The minimum Gasteiger partial charge on any atom is -0.548 e. The third kappa shape index (κ3) is 41.6. The van der Waals surface area contributed by atoms with Crippen LogP contribution in [-0.4, -0.2) is 30.0 Å². The van der Waals surface area contributed by atoms with E-state index in [4.69, 9.17) is 0 Å². The van der Waals surface area contributed by atoms with Gasteiger partial charge >= 0.3 is 29.6 Å². The minimum atomic E-state index is -0.848. The fourth-order valence-electron chi connectivity index (χ4n) is 8.06. The summed E-state index contributed by atoms with van der Waals surface area (Å²) in [7, 11) is 0. The number of carbonyl (C=O) groups excluding carboxylic acids is 1. The number of unbranched alkanes of at least 4 members (excludes halogenated alkanes) is 37. The molecule has 0 radical (unpaired) electrons. The monoisotopic (exact) mass is 742 g/mol.